The number of piperidine rings is 1. The van der Waals surface area contributed by atoms with Gasteiger partial charge in [-0.05, 0) is 19.9 Å². The van der Waals surface area contributed by atoms with E-state index in [0.717, 1.165) is 25.1 Å². The van der Waals surface area contributed by atoms with Crippen LogP contribution in [0, 0.1) is 0 Å². The zero-order chi connectivity index (χ0) is 15.5. The van der Waals surface area contributed by atoms with E-state index in [-0.39, 0.29) is 12.6 Å². The van der Waals surface area contributed by atoms with Crippen molar-refractivity contribution in [2.75, 3.05) is 27.2 Å². The lowest BCUT2D eigenvalue weighted by atomic mass is 10.1. The van der Waals surface area contributed by atoms with Crippen LogP contribution in [0.3, 0.4) is 0 Å². The summed E-state index contributed by atoms with van der Waals surface area (Å²) in [6.07, 6.45) is 6.43. The maximum absolute atomic E-state index is 12.8. The molecular formula is C13H25N5O2S. The number of hydrogen-bond acceptors (Lipinski definition) is 4. The maximum Gasteiger partial charge on any atom is 0.282 e. The SMILES string of the molecule is CNCC1CCCCN1S(=O)(=O)N(C)Cc1nccn1C. The second-order valence-electron chi connectivity index (χ2n) is 5.54. The molecule has 2 rings (SSSR count). The summed E-state index contributed by atoms with van der Waals surface area (Å²) >= 11 is 0. The molecule has 0 amide bonds. The van der Waals surface area contributed by atoms with Gasteiger partial charge in [-0.1, -0.05) is 6.42 Å². The van der Waals surface area contributed by atoms with E-state index in [2.05, 4.69) is 10.3 Å². The van der Waals surface area contributed by atoms with E-state index in [4.69, 9.17) is 0 Å². The van der Waals surface area contributed by atoms with Crippen LogP contribution in [0.4, 0.5) is 0 Å². The number of hydrogen-bond donors (Lipinski definition) is 1. The van der Waals surface area contributed by atoms with Crippen molar-refractivity contribution in [3.05, 3.63) is 18.2 Å². The summed E-state index contributed by atoms with van der Waals surface area (Å²) in [7, 11) is 1.89. The number of nitrogens with one attached hydrogen (secondary N) is 1. The Morgan fingerprint density at radius 2 is 2.24 bits per heavy atom. The Bertz CT molecular complexity index is 555. The molecule has 1 aromatic rings. The lowest BCUT2D eigenvalue weighted by Gasteiger charge is -2.36. The van der Waals surface area contributed by atoms with E-state index in [1.807, 2.05) is 24.9 Å². The van der Waals surface area contributed by atoms with Crippen molar-refractivity contribution in [3.8, 4) is 0 Å². The average molecular weight is 315 g/mol. The van der Waals surface area contributed by atoms with Crippen LogP contribution < -0.4 is 5.32 Å². The monoisotopic (exact) mass is 315 g/mol. The molecule has 1 aromatic heterocycles. The van der Waals surface area contributed by atoms with Crippen LogP contribution >= 0.6 is 0 Å². The van der Waals surface area contributed by atoms with E-state index in [1.165, 1.54) is 4.31 Å². The van der Waals surface area contributed by atoms with E-state index in [1.54, 1.807) is 17.5 Å². The van der Waals surface area contributed by atoms with Gasteiger partial charge in [0.1, 0.15) is 5.82 Å². The molecular weight excluding hydrogens is 290 g/mol. The Hall–Kier alpha value is -0.960. The Balaban J connectivity index is 2.13. The summed E-state index contributed by atoms with van der Waals surface area (Å²) in [6, 6.07) is 0.0394. The summed E-state index contributed by atoms with van der Waals surface area (Å²) < 4.78 is 30.5. The van der Waals surface area contributed by atoms with Gasteiger partial charge in [-0.2, -0.15) is 17.0 Å². The minimum atomic E-state index is -3.45. The first-order valence-electron chi connectivity index (χ1n) is 7.30. The topological polar surface area (TPSA) is 70.5 Å². The fraction of sp³-hybridized carbons (Fsp3) is 0.769. The summed E-state index contributed by atoms with van der Waals surface area (Å²) in [5, 5.41) is 3.09. The average Bonchev–Trinajstić information content (AvgIpc) is 2.85. The number of imidazole rings is 1. The van der Waals surface area contributed by atoms with Crippen LogP contribution in [-0.4, -0.2) is 59.8 Å². The van der Waals surface area contributed by atoms with Crippen LogP contribution in [-0.2, 0) is 23.8 Å². The molecule has 1 atom stereocenters. The molecule has 1 saturated heterocycles. The molecule has 120 valence electrons. The highest BCUT2D eigenvalue weighted by Crippen LogP contribution is 2.22. The fourth-order valence-corrected chi connectivity index (χ4v) is 4.28. The van der Waals surface area contributed by atoms with Gasteiger partial charge < -0.3 is 9.88 Å². The number of rotatable bonds is 6. The van der Waals surface area contributed by atoms with Crippen molar-refractivity contribution in [3.63, 3.8) is 0 Å². The lowest BCUT2D eigenvalue weighted by molar-refractivity contribution is 0.231. The molecule has 0 aliphatic carbocycles. The first-order valence-corrected chi connectivity index (χ1v) is 8.70. The second-order valence-corrected chi connectivity index (χ2v) is 7.52. The number of aromatic nitrogens is 2. The van der Waals surface area contributed by atoms with Crippen molar-refractivity contribution in [1.29, 1.82) is 0 Å². The highest BCUT2D eigenvalue weighted by atomic mass is 32.2. The van der Waals surface area contributed by atoms with Crippen molar-refractivity contribution in [2.24, 2.45) is 7.05 Å². The molecule has 1 aliphatic rings. The third-order valence-electron chi connectivity index (χ3n) is 3.99. The van der Waals surface area contributed by atoms with Crippen LogP contribution in [0.15, 0.2) is 12.4 Å². The molecule has 1 aliphatic heterocycles. The lowest BCUT2D eigenvalue weighted by Crippen LogP contribution is -2.52. The second kappa shape index (κ2) is 6.87. The Morgan fingerprint density at radius 3 is 2.86 bits per heavy atom. The van der Waals surface area contributed by atoms with E-state index >= 15 is 0 Å². The van der Waals surface area contributed by atoms with E-state index in [9.17, 15) is 8.42 Å². The van der Waals surface area contributed by atoms with Crippen molar-refractivity contribution in [1.82, 2.24) is 23.5 Å². The fourth-order valence-electron chi connectivity index (χ4n) is 2.73. The minimum Gasteiger partial charge on any atom is -0.337 e. The Kier molecular flexibility index (Phi) is 5.37. The molecule has 0 radical (unpaired) electrons. The van der Waals surface area contributed by atoms with Gasteiger partial charge in [0.15, 0.2) is 0 Å². The predicted molar refractivity (Wildman–Crippen MR) is 81.9 cm³/mol. The standard InChI is InChI=1S/C13H25N5O2S/c1-14-10-12-6-4-5-8-18(12)21(19,20)17(3)11-13-15-7-9-16(13)2/h7,9,12,14H,4-6,8,10-11H2,1-3H3. The molecule has 0 spiro atoms. The van der Waals surface area contributed by atoms with Gasteiger partial charge in [0.25, 0.3) is 10.2 Å². The van der Waals surface area contributed by atoms with Crippen molar-refractivity contribution in [2.45, 2.75) is 31.8 Å². The van der Waals surface area contributed by atoms with Crippen LogP contribution in [0.25, 0.3) is 0 Å². The van der Waals surface area contributed by atoms with Gasteiger partial charge in [-0.25, -0.2) is 4.98 Å². The van der Waals surface area contributed by atoms with Crippen molar-refractivity contribution >= 4 is 10.2 Å². The first kappa shape index (κ1) is 16.4. The zero-order valence-electron chi connectivity index (χ0n) is 13.0. The van der Waals surface area contributed by atoms with Gasteiger partial charge in [0.05, 0.1) is 6.54 Å². The Labute approximate surface area is 127 Å². The molecule has 0 bridgehead atoms. The summed E-state index contributed by atoms with van der Waals surface area (Å²) in [4.78, 5) is 4.20. The molecule has 8 heteroatoms. The maximum atomic E-state index is 12.8. The number of nitrogens with zero attached hydrogens (tertiary/aromatic N) is 4. The van der Waals surface area contributed by atoms with Crippen LogP contribution in [0.2, 0.25) is 0 Å². The van der Waals surface area contributed by atoms with Gasteiger partial charge in [0, 0.05) is 45.6 Å². The Morgan fingerprint density at radius 1 is 1.48 bits per heavy atom. The highest BCUT2D eigenvalue weighted by Gasteiger charge is 2.34. The number of likely N-dealkylation sites (N-methyl/N-ethyl adjacent to an activating group) is 1. The van der Waals surface area contributed by atoms with Gasteiger partial charge >= 0.3 is 0 Å². The van der Waals surface area contributed by atoms with Gasteiger partial charge in [-0.3, -0.25) is 0 Å². The minimum absolute atomic E-state index is 0.0394. The molecule has 21 heavy (non-hydrogen) atoms. The van der Waals surface area contributed by atoms with Crippen LogP contribution in [0.5, 0.6) is 0 Å². The third kappa shape index (κ3) is 3.63. The summed E-state index contributed by atoms with van der Waals surface area (Å²) in [5.41, 5.74) is 0. The summed E-state index contributed by atoms with van der Waals surface area (Å²) in [5.74, 6) is 0.739. The normalized spacial score (nSPS) is 21.0. The molecule has 1 N–H and O–H groups in total. The zero-order valence-corrected chi connectivity index (χ0v) is 13.8. The quantitative estimate of drug-likeness (QED) is 0.812. The molecule has 1 fully saturated rings. The third-order valence-corrected chi connectivity index (χ3v) is 5.98. The number of aryl methyl sites for hydroxylation is 1. The highest BCUT2D eigenvalue weighted by molar-refractivity contribution is 7.86. The van der Waals surface area contributed by atoms with E-state index in [0.29, 0.717) is 13.1 Å². The summed E-state index contributed by atoms with van der Waals surface area (Å²) in [6.45, 7) is 1.57. The van der Waals surface area contributed by atoms with Crippen LogP contribution in [0.1, 0.15) is 25.1 Å². The van der Waals surface area contributed by atoms with Gasteiger partial charge in [-0.15, -0.1) is 0 Å². The van der Waals surface area contributed by atoms with Gasteiger partial charge in [0.2, 0.25) is 0 Å². The largest absolute Gasteiger partial charge is 0.337 e. The predicted octanol–water partition coefficient (Wildman–Crippen LogP) is 0.171. The molecule has 7 nitrogen and oxygen atoms in total. The molecule has 2 heterocycles. The van der Waals surface area contributed by atoms with Crippen molar-refractivity contribution < 1.29 is 8.42 Å². The van der Waals surface area contributed by atoms with E-state index < -0.39 is 10.2 Å². The molecule has 1 unspecified atom stereocenters. The first-order chi connectivity index (χ1) is 9.96. The smallest absolute Gasteiger partial charge is 0.282 e. The molecule has 0 saturated carbocycles. The molecule has 0 aromatic carbocycles.